The van der Waals surface area contributed by atoms with Crippen molar-refractivity contribution in [2.75, 3.05) is 26.7 Å². The number of nitrogens with zero attached hydrogens (tertiary/aromatic N) is 1. The molecule has 0 spiro atoms. The topological polar surface area (TPSA) is 59.0 Å². The van der Waals surface area contributed by atoms with Crippen LogP contribution < -0.4 is 4.74 Å². The minimum atomic E-state index is -0.719. The second-order valence-corrected chi connectivity index (χ2v) is 7.24. The summed E-state index contributed by atoms with van der Waals surface area (Å²) in [6.45, 7) is 2.75. The van der Waals surface area contributed by atoms with Gasteiger partial charge in [0.1, 0.15) is 11.9 Å². The van der Waals surface area contributed by atoms with E-state index in [4.69, 9.17) is 14.6 Å². The van der Waals surface area contributed by atoms with Crippen LogP contribution in [0.5, 0.6) is 5.75 Å². The van der Waals surface area contributed by atoms with E-state index >= 15 is 0 Å². The third-order valence-electron chi connectivity index (χ3n) is 5.25. The number of rotatable bonds is 9. The fraction of sp³-hybridized carbons (Fsp3) is 0.435. The largest absolute Gasteiger partial charge is 0.497 e. The van der Waals surface area contributed by atoms with Gasteiger partial charge >= 0.3 is 5.97 Å². The molecule has 1 unspecified atom stereocenters. The van der Waals surface area contributed by atoms with Crippen molar-refractivity contribution in [3.05, 3.63) is 65.7 Å². The van der Waals surface area contributed by atoms with Crippen LogP contribution in [0.4, 0.5) is 0 Å². The number of aliphatic carboxylic acids is 1. The van der Waals surface area contributed by atoms with E-state index in [1.807, 2.05) is 30.3 Å². The predicted molar refractivity (Wildman–Crippen MR) is 109 cm³/mol. The number of likely N-dealkylation sites (tertiary alicyclic amines) is 1. The zero-order valence-corrected chi connectivity index (χ0v) is 16.4. The molecule has 1 saturated heterocycles. The highest BCUT2D eigenvalue weighted by molar-refractivity contribution is 5.66. The van der Waals surface area contributed by atoms with Crippen LogP contribution in [0.15, 0.2) is 54.6 Å². The molecule has 0 aliphatic carbocycles. The molecule has 5 nitrogen and oxygen atoms in total. The summed E-state index contributed by atoms with van der Waals surface area (Å²) in [6.07, 6.45) is 2.97. The van der Waals surface area contributed by atoms with Gasteiger partial charge in [-0.3, -0.25) is 4.79 Å². The average Bonchev–Trinajstić information content (AvgIpc) is 2.73. The van der Waals surface area contributed by atoms with E-state index in [0.29, 0.717) is 6.42 Å². The molecule has 1 fully saturated rings. The summed E-state index contributed by atoms with van der Waals surface area (Å²) in [6, 6.07) is 18.4. The van der Waals surface area contributed by atoms with Gasteiger partial charge in [0.15, 0.2) is 0 Å². The molecule has 3 rings (SSSR count). The third-order valence-corrected chi connectivity index (χ3v) is 5.25. The van der Waals surface area contributed by atoms with Crippen molar-refractivity contribution in [3.8, 4) is 5.75 Å². The molecule has 2 aromatic carbocycles. The fourth-order valence-electron chi connectivity index (χ4n) is 3.67. The molecule has 0 amide bonds. The molecule has 5 heteroatoms. The molecule has 0 aromatic heterocycles. The molecule has 0 saturated carbocycles. The summed E-state index contributed by atoms with van der Waals surface area (Å²) in [5.74, 6) is 0.119. The van der Waals surface area contributed by atoms with Gasteiger partial charge in [0.25, 0.3) is 0 Å². The van der Waals surface area contributed by atoms with Crippen LogP contribution in [0.3, 0.4) is 0 Å². The zero-order chi connectivity index (χ0) is 19.8. The molecular formula is C23H29NO4. The Morgan fingerprint density at radius 1 is 1.07 bits per heavy atom. The molecule has 1 atom stereocenters. The first-order valence-electron chi connectivity index (χ1n) is 9.94. The lowest BCUT2D eigenvalue weighted by atomic mass is 10.00. The van der Waals surface area contributed by atoms with E-state index in [2.05, 4.69) is 29.2 Å². The van der Waals surface area contributed by atoms with Crippen molar-refractivity contribution in [1.29, 1.82) is 0 Å². The minimum absolute atomic E-state index is 0.101. The first-order chi connectivity index (χ1) is 13.7. The smallest absolute Gasteiger partial charge is 0.303 e. The maximum atomic E-state index is 10.7. The first kappa shape index (κ1) is 20.4. The Bertz CT molecular complexity index is 724. The van der Waals surface area contributed by atoms with E-state index in [-0.39, 0.29) is 18.6 Å². The molecule has 1 aliphatic heterocycles. The van der Waals surface area contributed by atoms with Gasteiger partial charge in [-0.15, -0.1) is 0 Å². The summed E-state index contributed by atoms with van der Waals surface area (Å²) in [5, 5.41) is 8.79. The average molecular weight is 383 g/mol. The number of hydrogen-bond acceptors (Lipinski definition) is 4. The predicted octanol–water partition coefficient (Wildman–Crippen LogP) is 4.13. The van der Waals surface area contributed by atoms with Crippen LogP contribution in [-0.2, 0) is 9.53 Å². The SMILES string of the molecule is COc1ccc(C(OC2CCN(CCCC(=O)O)CC2)c2ccccc2)cc1. The summed E-state index contributed by atoms with van der Waals surface area (Å²) in [7, 11) is 1.67. The Morgan fingerprint density at radius 2 is 1.71 bits per heavy atom. The highest BCUT2D eigenvalue weighted by atomic mass is 16.5. The first-order valence-corrected chi connectivity index (χ1v) is 9.94. The highest BCUT2D eigenvalue weighted by Gasteiger charge is 2.24. The Kier molecular flexibility index (Phi) is 7.46. The second kappa shape index (κ2) is 10.2. The van der Waals surface area contributed by atoms with Gasteiger partial charge in [0.2, 0.25) is 0 Å². The molecule has 2 aromatic rings. The number of carbonyl (C=O) groups is 1. The van der Waals surface area contributed by atoms with Gasteiger partial charge in [-0.1, -0.05) is 42.5 Å². The van der Waals surface area contributed by atoms with Crippen molar-refractivity contribution in [2.24, 2.45) is 0 Å². The Morgan fingerprint density at radius 3 is 2.32 bits per heavy atom. The minimum Gasteiger partial charge on any atom is -0.497 e. The van der Waals surface area contributed by atoms with Crippen LogP contribution in [0.2, 0.25) is 0 Å². The van der Waals surface area contributed by atoms with Gasteiger partial charge in [-0.25, -0.2) is 0 Å². The van der Waals surface area contributed by atoms with Crippen molar-refractivity contribution in [3.63, 3.8) is 0 Å². The molecule has 1 heterocycles. The van der Waals surface area contributed by atoms with Crippen molar-refractivity contribution < 1.29 is 19.4 Å². The van der Waals surface area contributed by atoms with E-state index < -0.39 is 5.97 Å². The second-order valence-electron chi connectivity index (χ2n) is 7.24. The van der Waals surface area contributed by atoms with Gasteiger partial charge in [0.05, 0.1) is 13.2 Å². The number of carboxylic acid groups (broad SMARTS) is 1. The Hall–Kier alpha value is -2.37. The quantitative estimate of drug-likeness (QED) is 0.705. The molecular weight excluding hydrogens is 354 g/mol. The third kappa shape index (κ3) is 5.81. The van der Waals surface area contributed by atoms with Crippen molar-refractivity contribution in [2.45, 2.75) is 37.9 Å². The standard InChI is InChI=1S/C23H29NO4/c1-27-20-11-9-19(10-12-20)23(18-6-3-2-4-7-18)28-21-13-16-24(17-14-21)15-5-8-22(25)26/h2-4,6-7,9-12,21,23H,5,8,13-17H2,1H3,(H,25,26). The zero-order valence-electron chi connectivity index (χ0n) is 16.4. The molecule has 28 heavy (non-hydrogen) atoms. The summed E-state index contributed by atoms with van der Waals surface area (Å²) < 4.78 is 11.8. The highest BCUT2D eigenvalue weighted by Crippen LogP contribution is 2.31. The Labute approximate surface area is 166 Å². The van der Waals surface area contributed by atoms with Crippen LogP contribution in [-0.4, -0.2) is 48.8 Å². The lowest BCUT2D eigenvalue weighted by molar-refractivity contribution is -0.137. The summed E-state index contributed by atoms with van der Waals surface area (Å²) >= 11 is 0. The number of carboxylic acids is 1. The van der Waals surface area contributed by atoms with Crippen LogP contribution in [0, 0.1) is 0 Å². The maximum absolute atomic E-state index is 10.7. The molecule has 1 aliphatic rings. The molecule has 0 radical (unpaired) electrons. The van der Waals surface area contributed by atoms with Crippen LogP contribution >= 0.6 is 0 Å². The maximum Gasteiger partial charge on any atom is 0.303 e. The van der Waals surface area contributed by atoms with E-state index in [1.54, 1.807) is 7.11 Å². The molecule has 0 bridgehead atoms. The fourth-order valence-corrected chi connectivity index (χ4v) is 3.67. The number of methoxy groups -OCH3 is 1. The summed E-state index contributed by atoms with van der Waals surface area (Å²) in [5.41, 5.74) is 2.27. The van der Waals surface area contributed by atoms with E-state index in [9.17, 15) is 4.79 Å². The van der Waals surface area contributed by atoms with E-state index in [0.717, 1.165) is 49.4 Å². The number of hydrogen-bond donors (Lipinski definition) is 1. The van der Waals surface area contributed by atoms with Gasteiger partial charge in [0, 0.05) is 19.5 Å². The van der Waals surface area contributed by atoms with Crippen molar-refractivity contribution >= 4 is 5.97 Å². The number of ether oxygens (including phenoxy) is 2. The molecule has 150 valence electrons. The van der Waals surface area contributed by atoms with Crippen molar-refractivity contribution in [1.82, 2.24) is 4.90 Å². The van der Waals surface area contributed by atoms with Gasteiger partial charge in [-0.2, -0.15) is 0 Å². The number of benzene rings is 2. The van der Waals surface area contributed by atoms with Crippen LogP contribution in [0.25, 0.3) is 0 Å². The normalized spacial score (nSPS) is 16.6. The lowest BCUT2D eigenvalue weighted by Gasteiger charge is -2.34. The number of piperidine rings is 1. The van der Waals surface area contributed by atoms with Crippen LogP contribution in [0.1, 0.15) is 42.9 Å². The van der Waals surface area contributed by atoms with Gasteiger partial charge < -0.3 is 19.5 Å². The summed E-state index contributed by atoms with van der Waals surface area (Å²) in [4.78, 5) is 13.0. The Balaban J connectivity index is 1.62. The monoisotopic (exact) mass is 383 g/mol. The molecule has 1 N–H and O–H groups in total. The van der Waals surface area contributed by atoms with Gasteiger partial charge in [-0.05, 0) is 49.1 Å². The van der Waals surface area contributed by atoms with E-state index in [1.165, 1.54) is 0 Å². The lowest BCUT2D eigenvalue weighted by Crippen LogP contribution is -2.38.